The molecule has 0 amide bonds. The highest BCUT2D eigenvalue weighted by Gasteiger charge is 2.11. The van der Waals surface area contributed by atoms with Crippen LogP contribution in [0.1, 0.15) is 29.1 Å². The first kappa shape index (κ1) is 11.2. The van der Waals surface area contributed by atoms with Gasteiger partial charge in [0.15, 0.2) is 0 Å². The van der Waals surface area contributed by atoms with Gasteiger partial charge in [0.05, 0.1) is 17.3 Å². The lowest BCUT2D eigenvalue weighted by Crippen LogP contribution is -1.99. The van der Waals surface area contributed by atoms with Crippen LogP contribution in [0.15, 0.2) is 30.5 Å². The Kier molecular flexibility index (Phi) is 3.01. The van der Waals surface area contributed by atoms with Crippen LogP contribution in [0, 0.1) is 13.8 Å². The largest absolute Gasteiger partial charge is 0.238 e. The fraction of sp³-hybridized carbons (Fsp3) is 0.308. The average Bonchev–Trinajstić information content (AvgIpc) is 2.60. The smallest absolute Gasteiger partial charge is 0.0651 e. The Labute approximate surface area is 101 Å². The van der Waals surface area contributed by atoms with Crippen LogP contribution in [-0.4, -0.2) is 9.78 Å². The van der Waals surface area contributed by atoms with Gasteiger partial charge in [0.2, 0.25) is 0 Å². The van der Waals surface area contributed by atoms with Crippen LogP contribution in [0.25, 0.3) is 5.69 Å². The Bertz CT molecular complexity index is 500. The summed E-state index contributed by atoms with van der Waals surface area (Å²) in [5.74, 6) is 0. The lowest BCUT2D eigenvalue weighted by molar-refractivity contribution is 0.842. The van der Waals surface area contributed by atoms with Crippen molar-refractivity contribution < 1.29 is 0 Å². The molecule has 1 atom stereocenters. The molecule has 16 heavy (non-hydrogen) atoms. The maximum atomic E-state index is 6.09. The highest BCUT2D eigenvalue weighted by Crippen LogP contribution is 2.24. The molecule has 0 saturated carbocycles. The van der Waals surface area contributed by atoms with Crippen LogP contribution in [0.3, 0.4) is 0 Å². The van der Waals surface area contributed by atoms with Crippen molar-refractivity contribution in [2.45, 2.75) is 26.1 Å². The number of hydrogen-bond acceptors (Lipinski definition) is 1. The highest BCUT2D eigenvalue weighted by molar-refractivity contribution is 6.20. The van der Waals surface area contributed by atoms with E-state index in [-0.39, 0.29) is 5.38 Å². The van der Waals surface area contributed by atoms with Gasteiger partial charge in [-0.1, -0.05) is 12.1 Å². The van der Waals surface area contributed by atoms with E-state index in [1.54, 1.807) is 0 Å². The number of nitrogens with zero attached hydrogens (tertiary/aromatic N) is 2. The number of aromatic nitrogens is 2. The lowest BCUT2D eigenvalue weighted by atomic mass is 10.2. The van der Waals surface area contributed by atoms with Crippen molar-refractivity contribution in [3.8, 4) is 5.69 Å². The second kappa shape index (κ2) is 4.30. The molecule has 1 aromatic carbocycles. The summed E-state index contributed by atoms with van der Waals surface area (Å²) >= 11 is 6.09. The van der Waals surface area contributed by atoms with Crippen molar-refractivity contribution >= 4 is 11.6 Å². The zero-order valence-corrected chi connectivity index (χ0v) is 10.5. The Morgan fingerprint density at radius 3 is 2.62 bits per heavy atom. The Balaban J connectivity index is 2.49. The van der Waals surface area contributed by atoms with Crippen molar-refractivity contribution in [1.82, 2.24) is 9.78 Å². The van der Waals surface area contributed by atoms with Gasteiger partial charge in [-0.05, 0) is 38.5 Å². The molecule has 0 fully saturated rings. The summed E-state index contributed by atoms with van der Waals surface area (Å²) < 4.78 is 1.93. The maximum Gasteiger partial charge on any atom is 0.0651 e. The van der Waals surface area contributed by atoms with Crippen LogP contribution in [-0.2, 0) is 0 Å². The number of aryl methyl sites for hydroxylation is 1. The predicted octanol–water partition coefficient (Wildman–Crippen LogP) is 3.79. The Hall–Kier alpha value is -1.28. The molecule has 0 aliphatic carbocycles. The molecule has 0 aliphatic rings. The zero-order chi connectivity index (χ0) is 11.7. The topological polar surface area (TPSA) is 17.8 Å². The Morgan fingerprint density at radius 1 is 1.31 bits per heavy atom. The fourth-order valence-electron chi connectivity index (χ4n) is 1.83. The monoisotopic (exact) mass is 234 g/mol. The van der Waals surface area contributed by atoms with Gasteiger partial charge in [-0.25, -0.2) is 4.68 Å². The van der Waals surface area contributed by atoms with Crippen LogP contribution in [0.5, 0.6) is 0 Å². The van der Waals surface area contributed by atoms with E-state index in [9.17, 15) is 0 Å². The molecule has 84 valence electrons. The van der Waals surface area contributed by atoms with Crippen molar-refractivity contribution in [3.63, 3.8) is 0 Å². The van der Waals surface area contributed by atoms with Crippen molar-refractivity contribution in [2.75, 3.05) is 0 Å². The molecule has 2 nitrogen and oxygen atoms in total. The standard InChI is InChI=1S/C13H15ClN2/c1-9-5-4-6-12(7-9)16-11(3)13(8-15-16)10(2)14/h4-8,10H,1-3H3. The van der Waals surface area contributed by atoms with E-state index in [0.29, 0.717) is 0 Å². The molecule has 2 aromatic rings. The quantitative estimate of drug-likeness (QED) is 0.723. The number of rotatable bonds is 2. The molecule has 2 rings (SSSR count). The number of halogens is 1. The van der Waals surface area contributed by atoms with Crippen molar-refractivity contribution in [2.24, 2.45) is 0 Å². The summed E-state index contributed by atoms with van der Waals surface area (Å²) in [5.41, 5.74) is 4.50. The summed E-state index contributed by atoms with van der Waals surface area (Å²) in [6.45, 7) is 6.09. The predicted molar refractivity (Wildman–Crippen MR) is 67.3 cm³/mol. The first-order valence-corrected chi connectivity index (χ1v) is 5.79. The third-order valence-corrected chi connectivity index (χ3v) is 2.96. The van der Waals surface area contributed by atoms with E-state index in [1.807, 2.05) is 30.8 Å². The van der Waals surface area contributed by atoms with E-state index in [1.165, 1.54) is 5.56 Å². The lowest BCUT2D eigenvalue weighted by Gasteiger charge is -2.07. The van der Waals surface area contributed by atoms with Gasteiger partial charge < -0.3 is 0 Å². The summed E-state index contributed by atoms with van der Waals surface area (Å²) in [6.07, 6.45) is 1.84. The van der Waals surface area contributed by atoms with Crippen LogP contribution in [0.4, 0.5) is 0 Å². The van der Waals surface area contributed by atoms with Crippen molar-refractivity contribution in [3.05, 3.63) is 47.3 Å². The Morgan fingerprint density at radius 2 is 2.06 bits per heavy atom. The minimum Gasteiger partial charge on any atom is -0.238 e. The van der Waals surface area contributed by atoms with E-state index in [4.69, 9.17) is 11.6 Å². The highest BCUT2D eigenvalue weighted by atomic mass is 35.5. The zero-order valence-electron chi connectivity index (χ0n) is 9.74. The second-order valence-corrected chi connectivity index (χ2v) is 4.71. The van der Waals surface area contributed by atoms with Gasteiger partial charge in [0.1, 0.15) is 0 Å². The number of alkyl halides is 1. The third kappa shape index (κ3) is 1.98. The van der Waals surface area contributed by atoms with Gasteiger partial charge in [0, 0.05) is 11.3 Å². The summed E-state index contributed by atoms with van der Waals surface area (Å²) in [6, 6.07) is 8.28. The molecule has 1 heterocycles. The molecule has 1 aromatic heterocycles. The molecular weight excluding hydrogens is 220 g/mol. The summed E-state index contributed by atoms with van der Waals surface area (Å²) in [7, 11) is 0. The molecule has 0 spiro atoms. The third-order valence-electron chi connectivity index (χ3n) is 2.72. The normalized spacial score (nSPS) is 12.8. The fourth-order valence-corrected chi connectivity index (χ4v) is 2.05. The molecule has 0 radical (unpaired) electrons. The molecule has 0 N–H and O–H groups in total. The summed E-state index contributed by atoms with van der Waals surface area (Å²) in [5, 5.41) is 4.38. The second-order valence-electron chi connectivity index (χ2n) is 4.05. The van der Waals surface area contributed by atoms with E-state index in [0.717, 1.165) is 16.9 Å². The van der Waals surface area contributed by atoms with Crippen molar-refractivity contribution in [1.29, 1.82) is 0 Å². The average molecular weight is 235 g/mol. The van der Waals surface area contributed by atoms with Gasteiger partial charge in [-0.3, -0.25) is 0 Å². The van der Waals surface area contributed by atoms with E-state index >= 15 is 0 Å². The SMILES string of the molecule is Cc1cccc(-n2ncc(C(C)Cl)c2C)c1. The first-order chi connectivity index (χ1) is 7.59. The molecule has 0 aliphatic heterocycles. The molecule has 0 bridgehead atoms. The van der Waals surface area contributed by atoms with E-state index in [2.05, 4.69) is 30.2 Å². The maximum absolute atomic E-state index is 6.09. The molecule has 1 unspecified atom stereocenters. The summed E-state index contributed by atoms with van der Waals surface area (Å²) in [4.78, 5) is 0. The first-order valence-electron chi connectivity index (χ1n) is 5.35. The molecular formula is C13H15ClN2. The number of hydrogen-bond donors (Lipinski definition) is 0. The molecule has 3 heteroatoms. The minimum atomic E-state index is -0.00133. The number of benzene rings is 1. The van der Waals surface area contributed by atoms with Crippen LogP contribution in [0.2, 0.25) is 0 Å². The van der Waals surface area contributed by atoms with Gasteiger partial charge in [-0.2, -0.15) is 5.10 Å². The minimum absolute atomic E-state index is 0.00133. The van der Waals surface area contributed by atoms with E-state index < -0.39 is 0 Å². The van der Waals surface area contributed by atoms with Gasteiger partial charge >= 0.3 is 0 Å². The molecule has 0 saturated heterocycles. The van der Waals surface area contributed by atoms with Gasteiger partial charge in [0.25, 0.3) is 0 Å². The van der Waals surface area contributed by atoms with Crippen LogP contribution < -0.4 is 0 Å². The van der Waals surface area contributed by atoms with Gasteiger partial charge in [-0.15, -0.1) is 11.6 Å². The van der Waals surface area contributed by atoms with Crippen LogP contribution >= 0.6 is 11.6 Å².